The molecule has 0 aromatic carbocycles. The monoisotopic (exact) mass is 326 g/mol. The first-order valence-corrected chi connectivity index (χ1v) is 7.86. The van der Waals surface area contributed by atoms with Crippen molar-refractivity contribution in [3.05, 3.63) is 25.0 Å². The number of ketones is 1. The summed E-state index contributed by atoms with van der Waals surface area (Å²) < 4.78 is 10.9. The van der Waals surface area contributed by atoms with Gasteiger partial charge in [0.15, 0.2) is 5.78 Å². The number of Topliss-reactive ketones (excluding diaryl/α,β-unsaturated/α-hetero) is 1. The van der Waals surface area contributed by atoms with Crippen molar-refractivity contribution in [2.45, 2.75) is 65.0 Å². The van der Waals surface area contributed by atoms with Crippen LogP contribution in [0, 0.1) is 10.8 Å². The Hall–Kier alpha value is -1.17. The molecule has 1 aliphatic heterocycles. The second-order valence-electron chi connectivity index (χ2n) is 7.33. The van der Waals surface area contributed by atoms with Crippen LogP contribution in [0.3, 0.4) is 0 Å². The van der Waals surface area contributed by atoms with Crippen molar-refractivity contribution in [1.82, 2.24) is 0 Å². The third-order valence-electron chi connectivity index (χ3n) is 5.50. The highest BCUT2D eigenvalue weighted by molar-refractivity contribution is 5.84. The minimum atomic E-state index is -1.39. The van der Waals surface area contributed by atoms with Crippen molar-refractivity contribution >= 4 is 5.78 Å². The van der Waals surface area contributed by atoms with E-state index >= 15 is 0 Å². The van der Waals surface area contributed by atoms with Gasteiger partial charge in [0.05, 0.1) is 12.4 Å². The van der Waals surface area contributed by atoms with Crippen LogP contribution in [0.1, 0.15) is 41.0 Å². The molecule has 1 rings (SSSR count). The van der Waals surface area contributed by atoms with E-state index in [4.69, 9.17) is 9.47 Å². The number of hydrogen-bond donors (Lipinski definition) is 2. The van der Waals surface area contributed by atoms with Crippen molar-refractivity contribution in [3.63, 3.8) is 0 Å². The zero-order valence-corrected chi connectivity index (χ0v) is 15.0. The quantitative estimate of drug-likeness (QED) is 0.669. The van der Waals surface area contributed by atoms with Gasteiger partial charge in [-0.1, -0.05) is 26.8 Å². The molecule has 0 aromatic heterocycles. The minimum Gasteiger partial charge on any atom is -0.494 e. The highest BCUT2D eigenvalue weighted by atomic mass is 16.5. The SMILES string of the molecule is C=CC(C)(C)C1(C)OC=CC1(C)CC(=O)C(O)C(OC)C(C)O. The van der Waals surface area contributed by atoms with Crippen LogP contribution in [0.15, 0.2) is 25.0 Å². The third-order valence-corrected chi connectivity index (χ3v) is 5.50. The topological polar surface area (TPSA) is 76.0 Å². The molecule has 1 heterocycles. The first-order chi connectivity index (χ1) is 10.5. The molecule has 1 aliphatic rings. The van der Waals surface area contributed by atoms with Crippen LogP contribution in [0.25, 0.3) is 0 Å². The number of rotatable bonds is 8. The van der Waals surface area contributed by atoms with E-state index in [0.717, 1.165) is 0 Å². The van der Waals surface area contributed by atoms with Gasteiger partial charge in [-0.05, 0) is 19.9 Å². The maximum Gasteiger partial charge on any atom is 0.165 e. The Morgan fingerprint density at radius 1 is 1.43 bits per heavy atom. The van der Waals surface area contributed by atoms with Gasteiger partial charge in [0.25, 0.3) is 0 Å². The molecule has 2 N–H and O–H groups in total. The molecule has 0 radical (unpaired) electrons. The highest BCUT2D eigenvalue weighted by Gasteiger charge is 2.57. The Kier molecular flexibility index (Phi) is 5.83. The standard InChI is InChI=1S/C18H30O5/c1-8-16(3,4)18(6)17(5,9-10-23-18)11-13(20)14(21)15(22-7)12(2)19/h8-10,12,14-15,19,21H,1,11H2,2-7H3. The lowest BCUT2D eigenvalue weighted by Gasteiger charge is -2.48. The van der Waals surface area contributed by atoms with E-state index in [1.807, 2.05) is 39.8 Å². The maximum atomic E-state index is 12.6. The van der Waals surface area contributed by atoms with E-state index in [9.17, 15) is 15.0 Å². The largest absolute Gasteiger partial charge is 0.494 e. The molecule has 5 atom stereocenters. The van der Waals surface area contributed by atoms with Crippen LogP contribution in [0.5, 0.6) is 0 Å². The van der Waals surface area contributed by atoms with Gasteiger partial charge in [-0.2, -0.15) is 0 Å². The summed E-state index contributed by atoms with van der Waals surface area (Å²) in [4.78, 5) is 12.6. The van der Waals surface area contributed by atoms with Gasteiger partial charge in [0.2, 0.25) is 0 Å². The molecule has 132 valence electrons. The molecule has 23 heavy (non-hydrogen) atoms. The van der Waals surface area contributed by atoms with Gasteiger partial charge >= 0.3 is 0 Å². The van der Waals surface area contributed by atoms with E-state index in [-0.39, 0.29) is 17.6 Å². The second-order valence-corrected chi connectivity index (χ2v) is 7.33. The van der Waals surface area contributed by atoms with Crippen LogP contribution < -0.4 is 0 Å². The van der Waals surface area contributed by atoms with Crippen molar-refractivity contribution in [1.29, 1.82) is 0 Å². The molecule has 0 amide bonds. The fourth-order valence-corrected chi connectivity index (χ4v) is 3.16. The van der Waals surface area contributed by atoms with Gasteiger partial charge in [0.1, 0.15) is 17.8 Å². The zero-order valence-electron chi connectivity index (χ0n) is 15.0. The van der Waals surface area contributed by atoms with Crippen LogP contribution in [-0.4, -0.2) is 47.0 Å². The predicted octanol–water partition coefficient (Wildman–Crippen LogP) is 2.22. The number of carbonyl (C=O) groups excluding carboxylic acids is 1. The Balaban J connectivity index is 3.03. The molecule has 0 saturated carbocycles. The molecule has 0 bridgehead atoms. The molecule has 0 saturated heterocycles. The molecular formula is C18H30O5. The normalized spacial score (nSPS) is 31.3. The summed E-state index contributed by atoms with van der Waals surface area (Å²) in [7, 11) is 1.36. The van der Waals surface area contributed by atoms with E-state index < -0.39 is 29.3 Å². The van der Waals surface area contributed by atoms with Crippen molar-refractivity contribution < 1.29 is 24.5 Å². The van der Waals surface area contributed by atoms with Crippen molar-refractivity contribution in [2.75, 3.05) is 7.11 Å². The number of methoxy groups -OCH3 is 1. The molecule has 0 fully saturated rings. The van der Waals surface area contributed by atoms with Crippen LogP contribution >= 0.6 is 0 Å². The number of carbonyl (C=O) groups is 1. The smallest absolute Gasteiger partial charge is 0.165 e. The second kappa shape index (κ2) is 6.75. The summed E-state index contributed by atoms with van der Waals surface area (Å²) in [6, 6.07) is 0. The fraction of sp³-hybridized carbons (Fsp3) is 0.722. The fourth-order valence-electron chi connectivity index (χ4n) is 3.16. The van der Waals surface area contributed by atoms with Crippen LogP contribution in [-0.2, 0) is 14.3 Å². The average Bonchev–Trinajstić information content (AvgIpc) is 2.76. The lowest BCUT2D eigenvalue weighted by atomic mass is 9.60. The number of aliphatic hydroxyl groups excluding tert-OH is 2. The van der Waals surface area contributed by atoms with E-state index in [1.165, 1.54) is 14.0 Å². The predicted molar refractivity (Wildman–Crippen MR) is 88.8 cm³/mol. The van der Waals surface area contributed by atoms with Gasteiger partial charge < -0.3 is 19.7 Å². The van der Waals surface area contributed by atoms with E-state index in [2.05, 4.69) is 6.58 Å². The van der Waals surface area contributed by atoms with Crippen LogP contribution in [0.2, 0.25) is 0 Å². The van der Waals surface area contributed by atoms with Crippen LogP contribution in [0.4, 0.5) is 0 Å². The molecule has 0 spiro atoms. The summed E-state index contributed by atoms with van der Waals surface area (Å²) in [5.74, 6) is -0.388. The molecule has 0 aliphatic carbocycles. The summed E-state index contributed by atoms with van der Waals surface area (Å²) in [5, 5.41) is 19.9. The average molecular weight is 326 g/mol. The lowest BCUT2D eigenvalue weighted by Crippen LogP contribution is -2.54. The summed E-state index contributed by atoms with van der Waals surface area (Å²) >= 11 is 0. The van der Waals surface area contributed by atoms with Gasteiger partial charge in [-0.15, -0.1) is 6.58 Å². The molecule has 0 aromatic rings. The first kappa shape index (κ1) is 19.9. The van der Waals surface area contributed by atoms with E-state index in [0.29, 0.717) is 0 Å². The Morgan fingerprint density at radius 3 is 2.43 bits per heavy atom. The summed E-state index contributed by atoms with van der Waals surface area (Å²) in [5.41, 5.74) is -1.67. The number of ether oxygens (including phenoxy) is 2. The van der Waals surface area contributed by atoms with Gasteiger partial charge in [-0.25, -0.2) is 0 Å². The maximum absolute atomic E-state index is 12.6. The van der Waals surface area contributed by atoms with Crippen molar-refractivity contribution in [2.24, 2.45) is 10.8 Å². The summed E-state index contributed by atoms with van der Waals surface area (Å²) in [6.45, 7) is 13.2. The Bertz CT molecular complexity index is 482. The zero-order chi connectivity index (χ0) is 18.1. The first-order valence-electron chi connectivity index (χ1n) is 7.86. The van der Waals surface area contributed by atoms with Crippen molar-refractivity contribution in [3.8, 4) is 0 Å². The number of aliphatic hydroxyl groups is 2. The molecule has 5 unspecified atom stereocenters. The molecule has 5 heteroatoms. The lowest BCUT2D eigenvalue weighted by molar-refractivity contribution is -0.148. The summed E-state index contributed by atoms with van der Waals surface area (Å²) in [6.07, 6.45) is 2.06. The highest BCUT2D eigenvalue weighted by Crippen LogP contribution is 2.53. The Morgan fingerprint density at radius 2 is 2.00 bits per heavy atom. The molecular weight excluding hydrogens is 296 g/mol. The minimum absolute atomic E-state index is 0.0744. The molecule has 5 nitrogen and oxygen atoms in total. The van der Waals surface area contributed by atoms with Gasteiger partial charge in [-0.3, -0.25) is 4.79 Å². The van der Waals surface area contributed by atoms with Gasteiger partial charge in [0, 0.05) is 24.4 Å². The Labute approximate surface area is 139 Å². The van der Waals surface area contributed by atoms with E-state index in [1.54, 1.807) is 6.26 Å². The number of hydrogen-bond acceptors (Lipinski definition) is 5. The third kappa shape index (κ3) is 3.37.